The Morgan fingerprint density at radius 2 is 1.84 bits per heavy atom. The fourth-order valence-electron chi connectivity index (χ4n) is 4.42. The van der Waals surface area contributed by atoms with E-state index in [0.29, 0.717) is 21.5 Å². The molecule has 0 spiro atoms. The SMILES string of the molecule is C#CC(=O)N1CC(c2onc(-c3c(Cl)cc(Cl)cc3Cl)c2C(=O)n2ccc3c(/C=C/C(=O)O)cccc32)C1. The van der Waals surface area contributed by atoms with Gasteiger partial charge in [-0.25, -0.2) is 4.79 Å². The van der Waals surface area contributed by atoms with Crippen molar-refractivity contribution in [3.8, 4) is 23.6 Å². The molecule has 1 aliphatic heterocycles. The van der Waals surface area contributed by atoms with Crippen molar-refractivity contribution in [2.75, 3.05) is 13.1 Å². The predicted octanol–water partition coefficient (Wildman–Crippen LogP) is 5.60. The van der Waals surface area contributed by atoms with Gasteiger partial charge in [0.2, 0.25) is 0 Å². The van der Waals surface area contributed by atoms with Crippen LogP contribution in [0.15, 0.2) is 53.2 Å². The van der Waals surface area contributed by atoms with Gasteiger partial charge in [-0.3, -0.25) is 14.2 Å². The largest absolute Gasteiger partial charge is 0.478 e. The van der Waals surface area contributed by atoms with Crippen molar-refractivity contribution in [1.29, 1.82) is 0 Å². The van der Waals surface area contributed by atoms with E-state index in [1.54, 1.807) is 30.5 Å². The molecule has 2 aromatic heterocycles. The van der Waals surface area contributed by atoms with Crippen molar-refractivity contribution in [2.24, 2.45) is 0 Å². The monoisotopic (exact) mass is 567 g/mol. The Kier molecular flexibility index (Phi) is 6.76. The number of aromatic nitrogens is 2. The third kappa shape index (κ3) is 4.45. The number of terminal acetylenes is 1. The second-order valence-corrected chi connectivity index (χ2v) is 9.76. The van der Waals surface area contributed by atoms with Gasteiger partial charge in [0.15, 0.2) is 5.76 Å². The number of hydrogen-bond acceptors (Lipinski definition) is 5. The van der Waals surface area contributed by atoms with E-state index in [9.17, 15) is 14.4 Å². The van der Waals surface area contributed by atoms with Crippen molar-refractivity contribution >= 4 is 69.6 Å². The number of rotatable bonds is 5. The van der Waals surface area contributed by atoms with Crippen LogP contribution in [0.2, 0.25) is 15.1 Å². The first-order valence-electron chi connectivity index (χ1n) is 11.1. The number of aliphatic carboxylic acids is 1. The molecule has 3 heterocycles. The maximum Gasteiger partial charge on any atom is 0.328 e. The van der Waals surface area contributed by atoms with E-state index >= 15 is 0 Å². The number of carboxylic acid groups (broad SMARTS) is 1. The Labute approximate surface area is 231 Å². The number of halogens is 3. The van der Waals surface area contributed by atoms with Crippen LogP contribution < -0.4 is 0 Å². The average Bonchev–Trinajstić information content (AvgIpc) is 3.46. The standard InChI is InChI=1S/C27H16Cl3N3O5/c1-2-21(34)32-12-15(13-32)26-24(25(31-38-26)23-18(29)10-16(28)11-19(23)30)27(37)33-9-8-17-14(6-7-22(35)36)4-3-5-20(17)33/h1,3-11,15H,12-13H2,(H,35,36)/b7-6+. The first-order chi connectivity index (χ1) is 18.2. The molecule has 4 aromatic rings. The molecule has 0 bridgehead atoms. The van der Waals surface area contributed by atoms with Gasteiger partial charge in [0, 0.05) is 41.3 Å². The lowest BCUT2D eigenvalue weighted by molar-refractivity contribution is -0.131. The summed E-state index contributed by atoms with van der Waals surface area (Å²) >= 11 is 19.0. The van der Waals surface area contributed by atoms with Crippen LogP contribution in [0.5, 0.6) is 0 Å². The summed E-state index contributed by atoms with van der Waals surface area (Å²) in [6.07, 6.45) is 9.28. The number of carboxylic acids is 1. The van der Waals surface area contributed by atoms with Gasteiger partial charge in [-0.1, -0.05) is 52.1 Å². The van der Waals surface area contributed by atoms with Crippen LogP contribution in [0.4, 0.5) is 0 Å². The van der Waals surface area contributed by atoms with Crippen LogP contribution in [-0.2, 0) is 9.59 Å². The highest BCUT2D eigenvalue weighted by molar-refractivity contribution is 6.42. The van der Waals surface area contributed by atoms with Crippen LogP contribution in [-0.4, -0.2) is 50.6 Å². The third-order valence-corrected chi connectivity index (χ3v) is 7.04. The summed E-state index contributed by atoms with van der Waals surface area (Å²) in [5.41, 5.74) is 1.67. The number of carbonyl (C=O) groups excluding carboxylic acids is 2. The van der Waals surface area contributed by atoms with Gasteiger partial charge >= 0.3 is 5.97 Å². The van der Waals surface area contributed by atoms with Gasteiger partial charge in [-0.05, 0) is 41.8 Å². The fraction of sp³-hybridized carbons (Fsp3) is 0.111. The number of hydrogen-bond donors (Lipinski definition) is 1. The molecular weight excluding hydrogens is 553 g/mol. The summed E-state index contributed by atoms with van der Waals surface area (Å²) in [5, 5.41) is 14.5. The Morgan fingerprint density at radius 3 is 2.50 bits per heavy atom. The molecule has 1 N–H and O–H groups in total. The molecule has 190 valence electrons. The van der Waals surface area contributed by atoms with Gasteiger partial charge in [0.25, 0.3) is 11.8 Å². The van der Waals surface area contributed by atoms with Gasteiger partial charge < -0.3 is 14.5 Å². The maximum atomic E-state index is 14.1. The smallest absolute Gasteiger partial charge is 0.328 e. The van der Waals surface area contributed by atoms with Gasteiger partial charge in [0.05, 0.1) is 21.5 Å². The summed E-state index contributed by atoms with van der Waals surface area (Å²) in [4.78, 5) is 38.5. The van der Waals surface area contributed by atoms with Crippen LogP contribution in [0.3, 0.4) is 0 Å². The number of likely N-dealkylation sites (tertiary alicyclic amines) is 1. The van der Waals surface area contributed by atoms with Gasteiger partial charge in [0.1, 0.15) is 11.3 Å². The molecule has 0 unspecified atom stereocenters. The summed E-state index contributed by atoms with van der Waals surface area (Å²) in [7, 11) is 0. The second-order valence-electron chi connectivity index (χ2n) is 8.51. The molecule has 11 heteroatoms. The van der Waals surface area contributed by atoms with E-state index < -0.39 is 17.8 Å². The highest BCUT2D eigenvalue weighted by Crippen LogP contribution is 2.42. The third-order valence-electron chi connectivity index (χ3n) is 6.23. The number of carbonyl (C=O) groups is 3. The second kappa shape index (κ2) is 10.0. The minimum atomic E-state index is -1.09. The fourth-order valence-corrected chi connectivity index (χ4v) is 5.42. The molecule has 0 atom stereocenters. The minimum Gasteiger partial charge on any atom is -0.478 e. The molecule has 0 aliphatic carbocycles. The lowest BCUT2D eigenvalue weighted by Crippen LogP contribution is -2.48. The summed E-state index contributed by atoms with van der Waals surface area (Å²) < 4.78 is 7.09. The quantitative estimate of drug-likeness (QED) is 0.248. The molecule has 1 saturated heterocycles. The van der Waals surface area contributed by atoms with Crippen molar-refractivity contribution in [3.63, 3.8) is 0 Å². The zero-order valence-corrected chi connectivity index (χ0v) is 21.6. The van der Waals surface area contributed by atoms with Crippen LogP contribution in [0, 0.1) is 12.3 Å². The van der Waals surface area contributed by atoms with E-state index in [2.05, 4.69) is 11.1 Å². The van der Waals surface area contributed by atoms with E-state index in [-0.39, 0.29) is 51.6 Å². The van der Waals surface area contributed by atoms with Gasteiger partial charge in [-0.15, -0.1) is 6.42 Å². The molecule has 8 nitrogen and oxygen atoms in total. The molecule has 38 heavy (non-hydrogen) atoms. The average molecular weight is 569 g/mol. The summed E-state index contributed by atoms with van der Waals surface area (Å²) in [6.45, 7) is 0.493. The molecule has 0 radical (unpaired) electrons. The number of benzene rings is 2. The molecule has 1 aliphatic rings. The molecular formula is C27H16Cl3N3O5. The van der Waals surface area contributed by atoms with Crippen molar-refractivity contribution in [1.82, 2.24) is 14.6 Å². The molecule has 1 amide bonds. The number of amides is 1. The van der Waals surface area contributed by atoms with Crippen molar-refractivity contribution < 1.29 is 24.0 Å². The minimum absolute atomic E-state index is 0.123. The van der Waals surface area contributed by atoms with Crippen molar-refractivity contribution in [3.05, 3.63) is 80.6 Å². The number of fused-ring (bicyclic) bond motifs is 1. The predicted molar refractivity (Wildman–Crippen MR) is 143 cm³/mol. The van der Waals surface area contributed by atoms with E-state index in [1.165, 1.54) is 27.7 Å². The highest BCUT2D eigenvalue weighted by Gasteiger charge is 2.39. The normalized spacial score (nSPS) is 13.6. The first-order valence-corrected chi connectivity index (χ1v) is 12.3. The van der Waals surface area contributed by atoms with Crippen molar-refractivity contribution in [2.45, 2.75) is 5.92 Å². The molecule has 5 rings (SSSR count). The lowest BCUT2D eigenvalue weighted by atomic mass is 9.92. The van der Waals surface area contributed by atoms with E-state index in [1.807, 2.05) is 0 Å². The van der Waals surface area contributed by atoms with E-state index in [0.717, 1.165) is 6.08 Å². The maximum absolute atomic E-state index is 14.1. The van der Waals surface area contributed by atoms with Crippen LogP contribution in [0.1, 0.15) is 27.6 Å². The molecule has 0 saturated carbocycles. The molecule has 2 aromatic carbocycles. The first kappa shape index (κ1) is 25.6. The summed E-state index contributed by atoms with van der Waals surface area (Å²) in [5.74, 6) is -0.0371. The number of nitrogens with zero attached hydrogens (tertiary/aromatic N) is 3. The highest BCUT2D eigenvalue weighted by atomic mass is 35.5. The zero-order valence-electron chi connectivity index (χ0n) is 19.3. The lowest BCUT2D eigenvalue weighted by Gasteiger charge is -2.36. The Bertz CT molecular complexity index is 1680. The van der Waals surface area contributed by atoms with Crippen LogP contribution >= 0.6 is 34.8 Å². The Morgan fingerprint density at radius 1 is 1.13 bits per heavy atom. The van der Waals surface area contributed by atoms with Crippen LogP contribution in [0.25, 0.3) is 28.2 Å². The zero-order chi connectivity index (χ0) is 27.1. The molecule has 1 fully saturated rings. The topological polar surface area (TPSA) is 106 Å². The Hall–Kier alpha value is -4.03. The van der Waals surface area contributed by atoms with E-state index in [4.69, 9.17) is 50.9 Å². The van der Waals surface area contributed by atoms with Gasteiger partial charge in [-0.2, -0.15) is 0 Å². The summed E-state index contributed by atoms with van der Waals surface area (Å²) in [6, 6.07) is 9.86. The Balaban J connectivity index is 1.65.